The van der Waals surface area contributed by atoms with Crippen LogP contribution < -0.4 is 0 Å². The van der Waals surface area contributed by atoms with E-state index in [0.717, 1.165) is 58.9 Å². The molecule has 25 heavy (non-hydrogen) atoms. The second kappa shape index (κ2) is 8.17. The maximum atomic E-state index is 12.8. The maximum absolute atomic E-state index is 12.8. The molecule has 2 heterocycles. The van der Waals surface area contributed by atoms with Crippen LogP contribution >= 0.6 is 0 Å². The standard InChI is InChI=1S/C19H30N4O2/c1-16(22-11-7-20(2)8-12-22)19(25)23-13-9-21(10-14-23)15-17-3-5-18(24)6-4-17/h3-6,16,24H,7-15H2,1-2H3. The van der Waals surface area contributed by atoms with Gasteiger partial charge in [-0.1, -0.05) is 12.1 Å². The predicted octanol–water partition coefficient (Wildman–Crippen LogP) is 0.672. The molecular formula is C19H30N4O2. The Labute approximate surface area is 150 Å². The van der Waals surface area contributed by atoms with E-state index in [1.165, 1.54) is 5.56 Å². The lowest BCUT2D eigenvalue weighted by molar-refractivity contribution is -0.138. The minimum Gasteiger partial charge on any atom is -0.508 e. The molecule has 1 atom stereocenters. The normalized spacial score (nSPS) is 22.1. The van der Waals surface area contributed by atoms with Crippen LogP contribution in [0.1, 0.15) is 12.5 Å². The van der Waals surface area contributed by atoms with Gasteiger partial charge < -0.3 is 14.9 Å². The van der Waals surface area contributed by atoms with Gasteiger partial charge in [0.15, 0.2) is 0 Å². The third kappa shape index (κ3) is 4.71. The Hall–Kier alpha value is -1.63. The Kier molecular flexibility index (Phi) is 5.93. The fourth-order valence-corrected chi connectivity index (χ4v) is 3.62. The number of hydrogen-bond donors (Lipinski definition) is 1. The van der Waals surface area contributed by atoms with Crippen molar-refractivity contribution >= 4 is 5.91 Å². The minimum absolute atomic E-state index is 0.0163. The van der Waals surface area contributed by atoms with Crippen molar-refractivity contribution in [1.29, 1.82) is 0 Å². The number of hydrogen-bond acceptors (Lipinski definition) is 5. The number of rotatable bonds is 4. The number of phenols is 1. The number of carbonyl (C=O) groups is 1. The molecular weight excluding hydrogens is 316 g/mol. The number of nitrogens with zero attached hydrogens (tertiary/aromatic N) is 4. The smallest absolute Gasteiger partial charge is 0.239 e. The zero-order valence-electron chi connectivity index (χ0n) is 15.4. The van der Waals surface area contributed by atoms with Crippen molar-refractivity contribution < 1.29 is 9.90 Å². The van der Waals surface area contributed by atoms with Crippen LogP contribution in [0.4, 0.5) is 0 Å². The van der Waals surface area contributed by atoms with E-state index in [4.69, 9.17) is 0 Å². The molecule has 2 fully saturated rings. The van der Waals surface area contributed by atoms with Gasteiger partial charge in [0, 0.05) is 58.9 Å². The lowest BCUT2D eigenvalue weighted by Crippen LogP contribution is -2.56. The molecule has 3 rings (SSSR count). The SMILES string of the molecule is CC(C(=O)N1CCN(Cc2ccc(O)cc2)CC1)N1CCN(C)CC1. The second-order valence-corrected chi connectivity index (χ2v) is 7.28. The van der Waals surface area contributed by atoms with Gasteiger partial charge in [-0.05, 0) is 31.7 Å². The molecule has 2 saturated heterocycles. The van der Waals surface area contributed by atoms with Crippen molar-refractivity contribution in [2.24, 2.45) is 0 Å². The highest BCUT2D eigenvalue weighted by atomic mass is 16.3. The van der Waals surface area contributed by atoms with E-state index in [1.54, 1.807) is 12.1 Å². The largest absolute Gasteiger partial charge is 0.508 e. The van der Waals surface area contributed by atoms with Crippen LogP contribution in [-0.2, 0) is 11.3 Å². The summed E-state index contributed by atoms with van der Waals surface area (Å²) in [5.74, 6) is 0.575. The summed E-state index contributed by atoms with van der Waals surface area (Å²) in [5.41, 5.74) is 1.20. The lowest BCUT2D eigenvalue weighted by atomic mass is 10.1. The molecule has 0 bridgehead atoms. The summed E-state index contributed by atoms with van der Waals surface area (Å²) in [6, 6.07) is 7.36. The Morgan fingerprint density at radius 2 is 1.60 bits per heavy atom. The number of aromatic hydroxyl groups is 1. The summed E-state index contributed by atoms with van der Waals surface area (Å²) in [6.07, 6.45) is 0. The molecule has 0 aromatic heterocycles. The first kappa shape index (κ1) is 18.2. The highest BCUT2D eigenvalue weighted by Gasteiger charge is 2.29. The van der Waals surface area contributed by atoms with Crippen molar-refractivity contribution in [1.82, 2.24) is 19.6 Å². The van der Waals surface area contributed by atoms with Crippen LogP contribution in [0.25, 0.3) is 0 Å². The van der Waals surface area contributed by atoms with Gasteiger partial charge in [0.1, 0.15) is 5.75 Å². The number of piperazine rings is 2. The van der Waals surface area contributed by atoms with Crippen molar-refractivity contribution in [2.75, 3.05) is 59.4 Å². The number of likely N-dealkylation sites (N-methyl/N-ethyl adjacent to an activating group) is 1. The molecule has 1 amide bonds. The van der Waals surface area contributed by atoms with E-state index < -0.39 is 0 Å². The van der Waals surface area contributed by atoms with Crippen molar-refractivity contribution in [3.8, 4) is 5.75 Å². The van der Waals surface area contributed by atoms with Gasteiger partial charge in [-0.25, -0.2) is 0 Å². The zero-order chi connectivity index (χ0) is 17.8. The lowest BCUT2D eigenvalue weighted by Gasteiger charge is -2.40. The summed E-state index contributed by atoms with van der Waals surface area (Å²) in [4.78, 5) is 21.8. The van der Waals surface area contributed by atoms with Crippen molar-refractivity contribution in [2.45, 2.75) is 19.5 Å². The summed E-state index contributed by atoms with van der Waals surface area (Å²) < 4.78 is 0. The van der Waals surface area contributed by atoms with Crippen LogP contribution in [0.15, 0.2) is 24.3 Å². The highest BCUT2D eigenvalue weighted by Crippen LogP contribution is 2.14. The average Bonchev–Trinajstić information content (AvgIpc) is 2.64. The summed E-state index contributed by atoms with van der Waals surface area (Å²) >= 11 is 0. The molecule has 0 spiro atoms. The molecule has 2 aliphatic heterocycles. The summed E-state index contributed by atoms with van der Waals surface area (Å²) in [5, 5.41) is 9.37. The summed E-state index contributed by atoms with van der Waals surface area (Å²) in [7, 11) is 2.14. The van der Waals surface area contributed by atoms with Crippen LogP contribution in [-0.4, -0.2) is 96.1 Å². The van der Waals surface area contributed by atoms with E-state index in [1.807, 2.05) is 17.0 Å². The van der Waals surface area contributed by atoms with E-state index >= 15 is 0 Å². The first-order chi connectivity index (χ1) is 12.0. The van der Waals surface area contributed by atoms with E-state index in [0.29, 0.717) is 5.75 Å². The number of phenolic OH excluding ortho intramolecular Hbond substituents is 1. The summed E-state index contributed by atoms with van der Waals surface area (Å²) in [6.45, 7) is 10.4. The molecule has 6 nitrogen and oxygen atoms in total. The molecule has 0 radical (unpaired) electrons. The van der Waals surface area contributed by atoms with Gasteiger partial charge in [0.05, 0.1) is 6.04 Å². The number of amides is 1. The molecule has 2 aliphatic rings. The van der Waals surface area contributed by atoms with E-state index in [9.17, 15) is 9.90 Å². The molecule has 1 N–H and O–H groups in total. The van der Waals surface area contributed by atoms with Gasteiger partial charge in [0.2, 0.25) is 5.91 Å². The van der Waals surface area contributed by atoms with Crippen LogP contribution in [0.3, 0.4) is 0 Å². The molecule has 1 aromatic rings. The van der Waals surface area contributed by atoms with Crippen molar-refractivity contribution in [3.05, 3.63) is 29.8 Å². The van der Waals surface area contributed by atoms with Crippen LogP contribution in [0.2, 0.25) is 0 Å². The molecule has 0 saturated carbocycles. The molecule has 1 aromatic carbocycles. The fraction of sp³-hybridized carbons (Fsp3) is 0.632. The molecule has 0 aliphatic carbocycles. The Morgan fingerprint density at radius 1 is 1.00 bits per heavy atom. The maximum Gasteiger partial charge on any atom is 0.239 e. The Balaban J connectivity index is 1.46. The average molecular weight is 346 g/mol. The zero-order valence-corrected chi connectivity index (χ0v) is 15.4. The quantitative estimate of drug-likeness (QED) is 0.869. The van der Waals surface area contributed by atoms with Crippen LogP contribution in [0.5, 0.6) is 5.75 Å². The van der Waals surface area contributed by atoms with E-state index in [-0.39, 0.29) is 11.9 Å². The molecule has 6 heteroatoms. The number of benzene rings is 1. The van der Waals surface area contributed by atoms with E-state index in [2.05, 4.69) is 28.7 Å². The van der Waals surface area contributed by atoms with Gasteiger partial charge in [-0.2, -0.15) is 0 Å². The first-order valence-corrected chi connectivity index (χ1v) is 9.24. The van der Waals surface area contributed by atoms with Gasteiger partial charge in [0.25, 0.3) is 0 Å². The van der Waals surface area contributed by atoms with Crippen molar-refractivity contribution in [3.63, 3.8) is 0 Å². The molecule has 1 unspecified atom stereocenters. The predicted molar refractivity (Wildman–Crippen MR) is 98.5 cm³/mol. The topological polar surface area (TPSA) is 50.3 Å². The van der Waals surface area contributed by atoms with Gasteiger partial charge in [-0.15, -0.1) is 0 Å². The highest BCUT2D eigenvalue weighted by molar-refractivity contribution is 5.81. The third-order valence-electron chi connectivity index (χ3n) is 5.47. The minimum atomic E-state index is -0.0163. The first-order valence-electron chi connectivity index (χ1n) is 9.24. The Bertz CT molecular complexity index is 561. The number of carbonyl (C=O) groups excluding carboxylic acids is 1. The fourth-order valence-electron chi connectivity index (χ4n) is 3.62. The monoisotopic (exact) mass is 346 g/mol. The van der Waals surface area contributed by atoms with Crippen LogP contribution in [0, 0.1) is 0 Å². The second-order valence-electron chi connectivity index (χ2n) is 7.28. The third-order valence-corrected chi connectivity index (χ3v) is 5.47. The van der Waals surface area contributed by atoms with Gasteiger partial charge >= 0.3 is 0 Å². The Morgan fingerprint density at radius 3 is 2.20 bits per heavy atom. The molecule has 138 valence electrons. The van der Waals surface area contributed by atoms with Gasteiger partial charge in [-0.3, -0.25) is 14.6 Å².